The van der Waals surface area contributed by atoms with Crippen LogP contribution in [0.15, 0.2) is 15.9 Å². The van der Waals surface area contributed by atoms with Gasteiger partial charge in [0.25, 0.3) is 0 Å². The zero-order chi connectivity index (χ0) is 12.6. The van der Waals surface area contributed by atoms with Gasteiger partial charge in [-0.05, 0) is 40.8 Å². The van der Waals surface area contributed by atoms with Gasteiger partial charge in [-0.1, -0.05) is 0 Å². The van der Waals surface area contributed by atoms with Gasteiger partial charge in [0.1, 0.15) is 0 Å². The summed E-state index contributed by atoms with van der Waals surface area (Å²) in [4.78, 5) is 1.35. The summed E-state index contributed by atoms with van der Waals surface area (Å²) in [6, 6.07) is 2.15. The molecule has 0 aromatic carbocycles. The second kappa shape index (κ2) is 8.27. The lowest BCUT2D eigenvalue weighted by Crippen LogP contribution is -2.23. The Labute approximate surface area is 121 Å². The maximum Gasteiger partial charge on any atom is 0.0591 e. The van der Waals surface area contributed by atoms with Crippen LogP contribution in [0.5, 0.6) is 0 Å². The minimum absolute atomic E-state index is 0.701. The highest BCUT2D eigenvalue weighted by Gasteiger charge is 2.13. The van der Waals surface area contributed by atoms with Crippen molar-refractivity contribution in [2.45, 2.75) is 19.4 Å². The molecule has 1 aromatic heterocycles. The molecule has 1 aromatic rings. The average molecular weight is 334 g/mol. The SMILES string of the molecule is Brc1csc(CNCCOCC2CCOCC2)c1. The minimum atomic E-state index is 0.701. The predicted molar refractivity (Wildman–Crippen MR) is 78.1 cm³/mol. The van der Waals surface area contributed by atoms with Crippen molar-refractivity contribution in [2.75, 3.05) is 33.0 Å². The zero-order valence-electron chi connectivity index (χ0n) is 10.5. The van der Waals surface area contributed by atoms with Gasteiger partial charge in [0.15, 0.2) is 0 Å². The van der Waals surface area contributed by atoms with Crippen molar-refractivity contribution in [3.8, 4) is 0 Å². The molecule has 1 N–H and O–H groups in total. The maximum absolute atomic E-state index is 5.69. The number of nitrogens with one attached hydrogen (secondary N) is 1. The summed E-state index contributed by atoms with van der Waals surface area (Å²) in [5.74, 6) is 0.701. The molecule has 5 heteroatoms. The Kier molecular flexibility index (Phi) is 6.65. The van der Waals surface area contributed by atoms with E-state index in [1.807, 2.05) is 0 Å². The van der Waals surface area contributed by atoms with Crippen molar-refractivity contribution in [3.05, 3.63) is 20.8 Å². The monoisotopic (exact) mass is 333 g/mol. The molecule has 0 saturated carbocycles. The largest absolute Gasteiger partial charge is 0.381 e. The molecule has 0 bridgehead atoms. The van der Waals surface area contributed by atoms with E-state index in [4.69, 9.17) is 9.47 Å². The van der Waals surface area contributed by atoms with Crippen LogP contribution in [0.1, 0.15) is 17.7 Å². The van der Waals surface area contributed by atoms with E-state index < -0.39 is 0 Å². The van der Waals surface area contributed by atoms with Crippen molar-refractivity contribution in [1.29, 1.82) is 0 Å². The van der Waals surface area contributed by atoms with Gasteiger partial charge in [0.05, 0.1) is 6.61 Å². The first-order chi connectivity index (χ1) is 8.84. The fourth-order valence-corrected chi connectivity index (χ4v) is 3.39. The molecule has 0 unspecified atom stereocenters. The van der Waals surface area contributed by atoms with Crippen molar-refractivity contribution >= 4 is 27.3 Å². The fraction of sp³-hybridized carbons (Fsp3) is 0.692. The molecule has 0 amide bonds. The molecule has 2 heterocycles. The topological polar surface area (TPSA) is 30.5 Å². The lowest BCUT2D eigenvalue weighted by atomic mass is 10.0. The first kappa shape index (κ1) is 14.5. The summed E-state index contributed by atoms with van der Waals surface area (Å²) < 4.78 is 12.2. The van der Waals surface area contributed by atoms with Gasteiger partial charge in [0.2, 0.25) is 0 Å². The third-order valence-corrected chi connectivity index (χ3v) is 4.74. The highest BCUT2D eigenvalue weighted by molar-refractivity contribution is 9.10. The molecular formula is C13H20BrNO2S. The smallest absolute Gasteiger partial charge is 0.0591 e. The highest BCUT2D eigenvalue weighted by atomic mass is 79.9. The Bertz CT molecular complexity index is 339. The third kappa shape index (κ3) is 5.36. The Morgan fingerprint density at radius 1 is 1.44 bits per heavy atom. The van der Waals surface area contributed by atoms with Crippen LogP contribution >= 0.6 is 27.3 Å². The molecule has 0 radical (unpaired) electrons. The zero-order valence-corrected chi connectivity index (χ0v) is 12.9. The van der Waals surface area contributed by atoms with Crippen LogP contribution in [0.25, 0.3) is 0 Å². The number of hydrogen-bond donors (Lipinski definition) is 1. The van der Waals surface area contributed by atoms with Crippen LogP contribution in [0, 0.1) is 5.92 Å². The van der Waals surface area contributed by atoms with E-state index in [9.17, 15) is 0 Å². The lowest BCUT2D eigenvalue weighted by molar-refractivity contribution is 0.0214. The standard InChI is InChI=1S/C13H20BrNO2S/c14-12-7-13(18-10-12)8-15-3-6-17-9-11-1-4-16-5-2-11/h7,10-11,15H,1-6,8-9H2. The van der Waals surface area contributed by atoms with E-state index in [2.05, 4.69) is 32.7 Å². The molecule has 1 saturated heterocycles. The van der Waals surface area contributed by atoms with Crippen molar-refractivity contribution in [2.24, 2.45) is 5.92 Å². The Morgan fingerprint density at radius 2 is 2.28 bits per heavy atom. The number of thiophene rings is 1. The molecule has 0 spiro atoms. The van der Waals surface area contributed by atoms with Gasteiger partial charge < -0.3 is 14.8 Å². The van der Waals surface area contributed by atoms with E-state index in [-0.39, 0.29) is 0 Å². The molecule has 18 heavy (non-hydrogen) atoms. The van der Waals surface area contributed by atoms with Crippen molar-refractivity contribution < 1.29 is 9.47 Å². The molecule has 2 rings (SSSR count). The Hall–Kier alpha value is 0.0600. The van der Waals surface area contributed by atoms with Crippen LogP contribution in [-0.4, -0.2) is 33.0 Å². The molecular weight excluding hydrogens is 314 g/mol. The van der Waals surface area contributed by atoms with Crippen LogP contribution < -0.4 is 5.32 Å². The van der Waals surface area contributed by atoms with Gasteiger partial charge in [-0.25, -0.2) is 0 Å². The van der Waals surface area contributed by atoms with Crippen molar-refractivity contribution in [1.82, 2.24) is 5.32 Å². The van der Waals surface area contributed by atoms with Crippen LogP contribution in [-0.2, 0) is 16.0 Å². The first-order valence-corrected chi connectivity index (χ1v) is 8.11. The summed E-state index contributed by atoms with van der Waals surface area (Å²) >= 11 is 5.23. The van der Waals surface area contributed by atoms with Gasteiger partial charge in [-0.15, -0.1) is 11.3 Å². The van der Waals surface area contributed by atoms with E-state index in [1.54, 1.807) is 11.3 Å². The minimum Gasteiger partial charge on any atom is -0.381 e. The van der Waals surface area contributed by atoms with Crippen LogP contribution in [0.3, 0.4) is 0 Å². The molecule has 1 fully saturated rings. The average Bonchev–Trinajstić information content (AvgIpc) is 2.81. The summed E-state index contributed by atoms with van der Waals surface area (Å²) in [7, 11) is 0. The van der Waals surface area contributed by atoms with Crippen molar-refractivity contribution in [3.63, 3.8) is 0 Å². The van der Waals surface area contributed by atoms with E-state index in [1.165, 1.54) is 9.35 Å². The van der Waals surface area contributed by atoms with E-state index in [0.717, 1.165) is 52.4 Å². The summed E-state index contributed by atoms with van der Waals surface area (Å²) in [6.45, 7) is 5.33. The Morgan fingerprint density at radius 3 is 3.00 bits per heavy atom. The summed E-state index contributed by atoms with van der Waals surface area (Å²) in [6.07, 6.45) is 2.30. The maximum atomic E-state index is 5.69. The normalized spacial score (nSPS) is 17.2. The first-order valence-electron chi connectivity index (χ1n) is 6.43. The number of ether oxygens (including phenoxy) is 2. The summed E-state index contributed by atoms with van der Waals surface area (Å²) in [5, 5.41) is 5.50. The summed E-state index contributed by atoms with van der Waals surface area (Å²) in [5.41, 5.74) is 0. The van der Waals surface area contributed by atoms with Gasteiger partial charge in [0, 0.05) is 47.6 Å². The van der Waals surface area contributed by atoms with E-state index in [0.29, 0.717) is 5.92 Å². The molecule has 1 aliphatic rings. The molecule has 102 valence electrons. The highest BCUT2D eigenvalue weighted by Crippen LogP contribution is 2.19. The predicted octanol–water partition coefficient (Wildman–Crippen LogP) is 3.04. The quantitative estimate of drug-likeness (QED) is 0.778. The van der Waals surface area contributed by atoms with Gasteiger partial charge in [-0.2, -0.15) is 0 Å². The van der Waals surface area contributed by atoms with Crippen LogP contribution in [0.4, 0.5) is 0 Å². The fourth-order valence-electron chi connectivity index (χ4n) is 1.97. The second-order valence-electron chi connectivity index (χ2n) is 4.54. The molecule has 3 nitrogen and oxygen atoms in total. The van der Waals surface area contributed by atoms with Crippen LogP contribution in [0.2, 0.25) is 0 Å². The number of rotatable bonds is 7. The Balaban J connectivity index is 1.46. The molecule has 0 aliphatic carbocycles. The number of halogens is 1. The van der Waals surface area contributed by atoms with Gasteiger partial charge >= 0.3 is 0 Å². The van der Waals surface area contributed by atoms with Gasteiger partial charge in [-0.3, -0.25) is 0 Å². The molecule has 0 atom stereocenters. The third-order valence-electron chi connectivity index (χ3n) is 3.04. The molecule has 1 aliphatic heterocycles. The second-order valence-corrected chi connectivity index (χ2v) is 6.45. The number of hydrogen-bond acceptors (Lipinski definition) is 4. The lowest BCUT2D eigenvalue weighted by Gasteiger charge is -2.21. The van der Waals surface area contributed by atoms with E-state index >= 15 is 0 Å².